The van der Waals surface area contributed by atoms with Gasteiger partial charge >= 0.3 is 11.9 Å². The molecule has 4 aromatic carbocycles. The van der Waals surface area contributed by atoms with E-state index >= 15 is 0 Å². The number of pyridine rings is 1. The van der Waals surface area contributed by atoms with Crippen molar-refractivity contribution in [3.05, 3.63) is 178 Å². The summed E-state index contributed by atoms with van der Waals surface area (Å²) in [6.45, 7) is 1.82. The number of hydrogen-bond donors (Lipinski definition) is 0. The van der Waals surface area contributed by atoms with E-state index in [1.807, 2.05) is 63.5 Å². The number of hydrogen-bond acceptors (Lipinski definition) is 8. The molecule has 284 valence electrons. The number of ether oxygens (including phenoxy) is 2. The second kappa shape index (κ2) is 17.0. The maximum atomic E-state index is 12.0. The molecule has 5 aromatic rings. The van der Waals surface area contributed by atoms with Gasteiger partial charge < -0.3 is 18.9 Å². The Kier molecular flexibility index (Phi) is 11.9. The highest BCUT2D eigenvalue weighted by atomic mass is 32.2. The standard InChI is InChI=1S/C39H35N2O4.C7H8O3S/c1-40-33(20-14-29-24-31(38(42)44-3)16-22-35(29)40)18-12-27-10-11-28(37(27)26-8-6-5-7-9-26)13-19-34-21-15-30-25-32(39(43)45-4)17-23-36(30)41(34)2;1-6-2-4-7(5-3-6)11(8,9)10/h5-9,12-25H,10-11H2,1-4H3;2-5H,1H3,(H,8,9,10)/q+1;/p-1. The van der Waals surface area contributed by atoms with E-state index in [1.54, 1.807) is 24.3 Å². The van der Waals surface area contributed by atoms with Crippen LogP contribution in [-0.2, 0) is 26.6 Å². The Hall–Kier alpha value is -6.36. The summed E-state index contributed by atoms with van der Waals surface area (Å²) in [6, 6.07) is 31.7. The lowest BCUT2D eigenvalue weighted by Gasteiger charge is -2.26. The van der Waals surface area contributed by atoms with Crippen LogP contribution in [0.15, 0.2) is 149 Å². The molecular formula is C46H42N2O7S. The van der Waals surface area contributed by atoms with Gasteiger partial charge in [-0.25, -0.2) is 18.0 Å². The number of carbonyl (C=O) groups is 2. The monoisotopic (exact) mass is 766 g/mol. The lowest BCUT2D eigenvalue weighted by Crippen LogP contribution is -2.32. The van der Waals surface area contributed by atoms with Crippen molar-refractivity contribution in [2.45, 2.75) is 24.7 Å². The maximum Gasteiger partial charge on any atom is 0.337 e. The molecular weight excluding hydrogens is 725 g/mol. The quantitative estimate of drug-likeness (QED) is 0.0922. The molecule has 0 amide bonds. The Morgan fingerprint density at radius 2 is 1.46 bits per heavy atom. The van der Waals surface area contributed by atoms with Gasteiger partial charge in [0.25, 0.3) is 0 Å². The summed E-state index contributed by atoms with van der Waals surface area (Å²) in [7, 11) is 2.61. The third kappa shape index (κ3) is 8.78. The Morgan fingerprint density at radius 1 is 0.786 bits per heavy atom. The van der Waals surface area contributed by atoms with Crippen molar-refractivity contribution in [3.63, 3.8) is 0 Å². The van der Waals surface area contributed by atoms with Crippen molar-refractivity contribution in [2.24, 2.45) is 7.05 Å². The van der Waals surface area contributed by atoms with Gasteiger partial charge in [0.2, 0.25) is 11.2 Å². The van der Waals surface area contributed by atoms with E-state index in [1.165, 1.54) is 48.6 Å². The van der Waals surface area contributed by atoms with Crippen LogP contribution in [0, 0.1) is 6.92 Å². The summed E-state index contributed by atoms with van der Waals surface area (Å²) in [4.78, 5) is 26.0. The number of aromatic nitrogens is 1. The SMILES string of the molecule is COC(=O)c1ccc2c(c1)C=C/C(=C\C=C1/CCC(/C=C/c3ccc4cc(C(=O)OC)ccc4[n+]3C)=C1c1ccccc1)N2C.Cc1ccc(S(=O)(=O)[O-])cc1. The van der Waals surface area contributed by atoms with Crippen LogP contribution in [-0.4, -0.2) is 46.2 Å². The molecule has 2 aliphatic rings. The first-order valence-electron chi connectivity index (χ1n) is 17.9. The van der Waals surface area contributed by atoms with Crippen LogP contribution in [0.3, 0.4) is 0 Å². The number of rotatable bonds is 7. The summed E-state index contributed by atoms with van der Waals surface area (Å²) in [5.74, 6) is -0.676. The van der Waals surface area contributed by atoms with Gasteiger partial charge in [-0.1, -0.05) is 66.3 Å². The molecule has 2 heterocycles. The number of likely N-dealkylation sites (N-methyl/N-ethyl adjacent to an activating group) is 1. The molecule has 0 radical (unpaired) electrons. The number of benzene rings is 4. The van der Waals surface area contributed by atoms with E-state index in [0.717, 1.165) is 51.9 Å². The van der Waals surface area contributed by atoms with Crippen LogP contribution in [0.1, 0.15) is 55.9 Å². The molecule has 0 fully saturated rings. The van der Waals surface area contributed by atoms with E-state index in [4.69, 9.17) is 9.47 Å². The van der Waals surface area contributed by atoms with Crippen LogP contribution in [0.4, 0.5) is 5.69 Å². The first kappa shape index (κ1) is 39.3. The summed E-state index contributed by atoms with van der Waals surface area (Å²) in [5.41, 5.74) is 12.2. The lowest BCUT2D eigenvalue weighted by atomic mass is 9.97. The highest BCUT2D eigenvalue weighted by Crippen LogP contribution is 2.40. The summed E-state index contributed by atoms with van der Waals surface area (Å²) in [6.07, 6.45) is 14.8. The van der Waals surface area contributed by atoms with Crippen molar-refractivity contribution in [2.75, 3.05) is 26.2 Å². The van der Waals surface area contributed by atoms with Gasteiger partial charge in [-0.2, -0.15) is 4.57 Å². The van der Waals surface area contributed by atoms with Gasteiger partial charge in [-0.3, -0.25) is 0 Å². The predicted molar refractivity (Wildman–Crippen MR) is 219 cm³/mol. The number of aryl methyl sites for hydroxylation is 2. The van der Waals surface area contributed by atoms with E-state index in [0.29, 0.717) is 11.1 Å². The minimum atomic E-state index is -4.27. The van der Waals surface area contributed by atoms with Crippen LogP contribution in [0.2, 0.25) is 0 Å². The zero-order chi connectivity index (χ0) is 40.0. The number of anilines is 1. The van der Waals surface area contributed by atoms with Crippen molar-refractivity contribution in [1.82, 2.24) is 0 Å². The summed E-state index contributed by atoms with van der Waals surface area (Å²) < 4.78 is 43.1. The fourth-order valence-corrected chi connectivity index (χ4v) is 7.24. The molecule has 0 spiro atoms. The van der Waals surface area contributed by atoms with Gasteiger partial charge in [-0.05, 0) is 108 Å². The van der Waals surface area contributed by atoms with Gasteiger partial charge in [-0.15, -0.1) is 0 Å². The molecule has 1 aromatic heterocycles. The van der Waals surface area contributed by atoms with Crippen molar-refractivity contribution >= 4 is 56.4 Å². The zero-order valence-electron chi connectivity index (χ0n) is 31.9. The van der Waals surface area contributed by atoms with E-state index < -0.39 is 10.1 Å². The average molecular weight is 767 g/mol. The molecule has 0 atom stereocenters. The first-order chi connectivity index (χ1) is 26.9. The minimum absolute atomic E-state index is 0.178. The van der Waals surface area contributed by atoms with E-state index in [9.17, 15) is 22.6 Å². The fraction of sp³-hybridized carbons (Fsp3) is 0.152. The molecule has 0 N–H and O–H groups in total. The Balaban J connectivity index is 0.000000417. The molecule has 56 heavy (non-hydrogen) atoms. The maximum absolute atomic E-state index is 12.0. The third-order valence-corrected chi connectivity index (χ3v) is 10.7. The Morgan fingerprint density at radius 3 is 2.14 bits per heavy atom. The first-order valence-corrected chi connectivity index (χ1v) is 19.3. The fourth-order valence-electron chi connectivity index (χ4n) is 6.77. The third-order valence-electron chi connectivity index (χ3n) is 9.85. The minimum Gasteiger partial charge on any atom is -0.744 e. The summed E-state index contributed by atoms with van der Waals surface area (Å²) in [5, 5.41) is 0.981. The smallest absolute Gasteiger partial charge is 0.337 e. The largest absolute Gasteiger partial charge is 0.744 e. The molecule has 9 nitrogen and oxygen atoms in total. The van der Waals surface area contributed by atoms with Crippen LogP contribution >= 0.6 is 0 Å². The summed E-state index contributed by atoms with van der Waals surface area (Å²) >= 11 is 0. The molecule has 0 bridgehead atoms. The number of carbonyl (C=O) groups excluding carboxylic acids is 2. The van der Waals surface area contributed by atoms with Crippen molar-refractivity contribution in [1.29, 1.82) is 0 Å². The molecule has 0 saturated heterocycles. The number of esters is 2. The average Bonchev–Trinajstić information content (AvgIpc) is 3.62. The van der Waals surface area contributed by atoms with Crippen LogP contribution < -0.4 is 9.47 Å². The molecule has 0 saturated carbocycles. The topological polar surface area (TPSA) is 117 Å². The van der Waals surface area contributed by atoms with Gasteiger partial charge in [0, 0.05) is 42.0 Å². The normalized spacial score (nSPS) is 15.3. The van der Waals surface area contributed by atoms with Crippen LogP contribution in [0.25, 0.3) is 28.6 Å². The van der Waals surface area contributed by atoms with E-state index in [2.05, 4.69) is 70.2 Å². The number of allylic oxidation sites excluding steroid dienone is 7. The molecule has 1 aliphatic heterocycles. The number of methoxy groups -OCH3 is 2. The second-order valence-corrected chi connectivity index (χ2v) is 14.8. The molecule has 1 aliphatic carbocycles. The van der Waals surface area contributed by atoms with E-state index in [-0.39, 0.29) is 16.8 Å². The van der Waals surface area contributed by atoms with Crippen molar-refractivity contribution < 1.29 is 36.6 Å². The molecule has 0 unspecified atom stereocenters. The molecule has 10 heteroatoms. The Bertz CT molecular complexity index is 2580. The van der Waals surface area contributed by atoms with Crippen molar-refractivity contribution in [3.8, 4) is 0 Å². The number of nitrogens with zero attached hydrogens (tertiary/aromatic N) is 2. The highest BCUT2D eigenvalue weighted by Gasteiger charge is 2.21. The highest BCUT2D eigenvalue weighted by molar-refractivity contribution is 7.85. The lowest BCUT2D eigenvalue weighted by molar-refractivity contribution is -0.646. The molecule has 7 rings (SSSR count). The predicted octanol–water partition coefficient (Wildman–Crippen LogP) is 8.37. The van der Waals surface area contributed by atoms with Gasteiger partial charge in [0.1, 0.15) is 17.2 Å². The second-order valence-electron chi connectivity index (χ2n) is 13.4. The van der Waals surface area contributed by atoms with Gasteiger partial charge in [0.05, 0.1) is 30.2 Å². The zero-order valence-corrected chi connectivity index (χ0v) is 32.7. The Labute approximate surface area is 327 Å². The van der Waals surface area contributed by atoms with Gasteiger partial charge in [0.15, 0.2) is 0 Å². The van der Waals surface area contributed by atoms with Crippen LogP contribution in [0.5, 0.6) is 0 Å². The number of fused-ring (bicyclic) bond motifs is 2.